The molecule has 0 aromatic heterocycles. The van der Waals surface area contributed by atoms with Crippen LogP contribution in [0.1, 0.15) is 19.8 Å². The Balaban J connectivity index is 2.33. The molecule has 0 atom stereocenters. The Kier molecular flexibility index (Phi) is 3.82. The van der Waals surface area contributed by atoms with E-state index in [1.165, 1.54) is 0 Å². The number of anilines is 1. The fraction of sp³-hybridized carbons (Fsp3) is 0.462. The predicted molar refractivity (Wildman–Crippen MR) is 69.8 cm³/mol. The van der Waals surface area contributed by atoms with Gasteiger partial charge in [0.25, 0.3) is 0 Å². The Labute approximate surface area is 106 Å². The number of hydrogen-bond donors (Lipinski definition) is 0. The van der Waals surface area contributed by atoms with Crippen LogP contribution in [0, 0.1) is 5.92 Å². The second kappa shape index (κ2) is 5.35. The topological polar surface area (TPSA) is 32.7 Å². The quantitative estimate of drug-likeness (QED) is 0.594. The fourth-order valence-electron chi connectivity index (χ4n) is 2.19. The van der Waals surface area contributed by atoms with Crippen LogP contribution in [0.2, 0.25) is 5.02 Å². The van der Waals surface area contributed by atoms with Crippen molar-refractivity contribution in [1.29, 1.82) is 0 Å². The average Bonchev–Trinajstić information content (AvgIpc) is 2.32. The highest BCUT2D eigenvalue weighted by molar-refractivity contribution is 6.34. The van der Waals surface area contributed by atoms with Gasteiger partial charge in [-0.15, -0.1) is 0 Å². The molecule has 0 bridgehead atoms. The van der Waals surface area contributed by atoms with Gasteiger partial charge in [-0.3, -0.25) is 0 Å². The monoisotopic (exact) mass is 250 g/mol. The number of para-hydroxylation sites is 1. The first-order chi connectivity index (χ1) is 8.22. The van der Waals surface area contributed by atoms with Crippen LogP contribution in [0.4, 0.5) is 11.4 Å². The van der Waals surface area contributed by atoms with E-state index in [4.69, 9.17) is 11.6 Å². The maximum atomic E-state index is 10.4. The van der Waals surface area contributed by atoms with Gasteiger partial charge in [-0.05, 0) is 30.9 Å². The van der Waals surface area contributed by atoms with Gasteiger partial charge in [0.1, 0.15) is 5.69 Å². The molecule has 4 heteroatoms. The largest absolute Gasteiger partial charge is 0.369 e. The van der Waals surface area contributed by atoms with Gasteiger partial charge in [-0.1, -0.05) is 24.6 Å². The fourth-order valence-corrected chi connectivity index (χ4v) is 2.48. The summed E-state index contributed by atoms with van der Waals surface area (Å²) in [5.74, 6) is 0.756. The second-order valence-corrected chi connectivity index (χ2v) is 4.89. The number of isocyanates is 1. The summed E-state index contributed by atoms with van der Waals surface area (Å²) >= 11 is 6.20. The summed E-state index contributed by atoms with van der Waals surface area (Å²) < 4.78 is 0. The number of hydrogen-bond acceptors (Lipinski definition) is 3. The molecular formula is C13H15ClN2O. The van der Waals surface area contributed by atoms with Gasteiger partial charge >= 0.3 is 0 Å². The summed E-state index contributed by atoms with van der Waals surface area (Å²) in [5, 5.41) is 0.649. The van der Waals surface area contributed by atoms with Crippen LogP contribution in [0.3, 0.4) is 0 Å². The van der Waals surface area contributed by atoms with Gasteiger partial charge in [0, 0.05) is 13.1 Å². The molecule has 1 aromatic rings. The first-order valence-electron chi connectivity index (χ1n) is 5.83. The Bertz CT molecular complexity index is 447. The zero-order chi connectivity index (χ0) is 12.3. The van der Waals surface area contributed by atoms with Gasteiger partial charge in [0.05, 0.1) is 10.7 Å². The lowest BCUT2D eigenvalue weighted by atomic mass is 9.98. The summed E-state index contributed by atoms with van der Waals surface area (Å²) in [6.07, 6.45) is 3.89. The van der Waals surface area contributed by atoms with Crippen LogP contribution in [-0.2, 0) is 4.79 Å². The highest BCUT2D eigenvalue weighted by atomic mass is 35.5. The van der Waals surface area contributed by atoms with Crippen LogP contribution in [-0.4, -0.2) is 19.2 Å². The van der Waals surface area contributed by atoms with Crippen molar-refractivity contribution in [3.63, 3.8) is 0 Å². The molecule has 0 unspecified atom stereocenters. The Hall–Kier alpha value is -1.31. The number of carbonyl (C=O) groups excluding carboxylic acids is 1. The Morgan fingerprint density at radius 1 is 1.41 bits per heavy atom. The van der Waals surface area contributed by atoms with E-state index in [9.17, 15) is 4.79 Å². The van der Waals surface area contributed by atoms with Gasteiger partial charge in [0.2, 0.25) is 6.08 Å². The van der Waals surface area contributed by atoms with Crippen molar-refractivity contribution in [2.45, 2.75) is 19.8 Å². The number of halogens is 1. The molecule has 90 valence electrons. The smallest absolute Gasteiger partial charge is 0.240 e. The van der Waals surface area contributed by atoms with Crippen LogP contribution in [0.5, 0.6) is 0 Å². The SMILES string of the molecule is CC1CCN(c2c(Cl)cccc2N=C=O)CC1. The molecule has 1 aliphatic heterocycles. The molecule has 1 aromatic carbocycles. The van der Waals surface area contributed by atoms with Crippen LogP contribution >= 0.6 is 11.6 Å². The number of piperidine rings is 1. The van der Waals surface area contributed by atoms with Crippen molar-refractivity contribution in [2.75, 3.05) is 18.0 Å². The van der Waals surface area contributed by atoms with Crippen molar-refractivity contribution in [3.05, 3.63) is 23.2 Å². The van der Waals surface area contributed by atoms with Crippen LogP contribution < -0.4 is 4.90 Å². The van der Waals surface area contributed by atoms with Gasteiger partial charge in [-0.25, -0.2) is 4.79 Å². The minimum atomic E-state index is 0.613. The Morgan fingerprint density at radius 2 is 2.12 bits per heavy atom. The average molecular weight is 251 g/mol. The van der Waals surface area contributed by atoms with E-state index < -0.39 is 0 Å². The zero-order valence-electron chi connectivity index (χ0n) is 9.82. The van der Waals surface area contributed by atoms with Crippen molar-refractivity contribution in [1.82, 2.24) is 0 Å². The highest BCUT2D eigenvalue weighted by Crippen LogP contribution is 2.37. The lowest BCUT2D eigenvalue weighted by Gasteiger charge is -2.33. The maximum absolute atomic E-state index is 10.4. The number of aliphatic imine (C=N–C) groups is 1. The molecular weight excluding hydrogens is 236 g/mol. The summed E-state index contributed by atoms with van der Waals surface area (Å²) in [6.45, 7) is 4.19. The molecule has 0 aliphatic carbocycles. The minimum absolute atomic E-state index is 0.613. The molecule has 2 rings (SSSR count). The lowest BCUT2D eigenvalue weighted by molar-refractivity contribution is 0.438. The molecule has 3 nitrogen and oxygen atoms in total. The van der Waals surface area contributed by atoms with Gasteiger partial charge in [0.15, 0.2) is 0 Å². The molecule has 0 saturated carbocycles. The summed E-state index contributed by atoms with van der Waals surface area (Å²) in [4.78, 5) is 16.4. The molecule has 0 amide bonds. The molecule has 17 heavy (non-hydrogen) atoms. The third-order valence-corrected chi connectivity index (χ3v) is 3.54. The van der Waals surface area contributed by atoms with E-state index in [-0.39, 0.29) is 0 Å². The first-order valence-corrected chi connectivity index (χ1v) is 6.21. The van der Waals surface area contributed by atoms with Crippen molar-refractivity contribution < 1.29 is 4.79 Å². The molecule has 1 saturated heterocycles. The van der Waals surface area contributed by atoms with E-state index in [0.29, 0.717) is 10.7 Å². The molecule has 1 aliphatic rings. The third kappa shape index (κ3) is 2.68. The van der Waals surface area contributed by atoms with E-state index in [1.54, 1.807) is 18.2 Å². The van der Waals surface area contributed by atoms with Crippen LogP contribution in [0.25, 0.3) is 0 Å². The number of rotatable bonds is 2. The van der Waals surface area contributed by atoms with E-state index in [0.717, 1.165) is 37.5 Å². The minimum Gasteiger partial charge on any atom is -0.369 e. The summed E-state index contributed by atoms with van der Waals surface area (Å²) in [5.41, 5.74) is 1.48. The summed E-state index contributed by atoms with van der Waals surface area (Å²) in [7, 11) is 0. The van der Waals surface area contributed by atoms with E-state index in [2.05, 4.69) is 16.8 Å². The van der Waals surface area contributed by atoms with Gasteiger partial charge in [-0.2, -0.15) is 4.99 Å². The number of nitrogens with zero attached hydrogens (tertiary/aromatic N) is 2. The second-order valence-electron chi connectivity index (χ2n) is 4.48. The standard InChI is InChI=1S/C13H15ClN2O/c1-10-5-7-16(8-6-10)13-11(14)3-2-4-12(13)15-9-17/h2-4,10H,5-8H2,1H3. The van der Waals surface area contributed by atoms with Crippen LogP contribution in [0.15, 0.2) is 23.2 Å². The first kappa shape index (κ1) is 12.2. The van der Waals surface area contributed by atoms with Gasteiger partial charge < -0.3 is 4.90 Å². The van der Waals surface area contributed by atoms with E-state index in [1.807, 2.05) is 6.07 Å². The molecule has 0 N–H and O–H groups in total. The van der Waals surface area contributed by atoms with Crippen molar-refractivity contribution in [2.24, 2.45) is 10.9 Å². The lowest BCUT2D eigenvalue weighted by Crippen LogP contribution is -2.33. The normalized spacial score (nSPS) is 16.7. The van der Waals surface area contributed by atoms with Crippen molar-refractivity contribution >= 4 is 29.1 Å². The molecule has 1 fully saturated rings. The Morgan fingerprint density at radius 3 is 2.76 bits per heavy atom. The summed E-state index contributed by atoms with van der Waals surface area (Å²) in [6, 6.07) is 5.43. The zero-order valence-corrected chi connectivity index (χ0v) is 10.6. The maximum Gasteiger partial charge on any atom is 0.240 e. The number of benzene rings is 1. The molecule has 0 spiro atoms. The van der Waals surface area contributed by atoms with E-state index >= 15 is 0 Å². The predicted octanol–water partition coefficient (Wildman–Crippen LogP) is 3.54. The van der Waals surface area contributed by atoms with Crippen molar-refractivity contribution in [3.8, 4) is 0 Å². The third-order valence-electron chi connectivity index (χ3n) is 3.23. The highest BCUT2D eigenvalue weighted by Gasteiger charge is 2.20. The molecule has 1 heterocycles. The molecule has 0 radical (unpaired) electrons.